The van der Waals surface area contributed by atoms with E-state index in [9.17, 15) is 5.11 Å². The number of hydrogen-bond donors (Lipinski definition) is 2. The van der Waals surface area contributed by atoms with Crippen LogP contribution in [0.1, 0.15) is 36.8 Å². The molecule has 5 nitrogen and oxygen atoms in total. The first-order valence-corrected chi connectivity index (χ1v) is 6.87. The SMILES string of the molecule is Cc1cnn([C@H](C)[C@@H](C)NCc2nc(C)ccc2O)c1. The molecule has 0 spiro atoms. The molecular weight excluding hydrogens is 252 g/mol. The van der Waals surface area contributed by atoms with Crippen molar-refractivity contribution >= 4 is 0 Å². The van der Waals surface area contributed by atoms with Crippen molar-refractivity contribution in [2.24, 2.45) is 0 Å². The van der Waals surface area contributed by atoms with E-state index in [0.29, 0.717) is 12.2 Å². The summed E-state index contributed by atoms with van der Waals surface area (Å²) >= 11 is 0. The molecule has 0 saturated heterocycles. The monoisotopic (exact) mass is 274 g/mol. The van der Waals surface area contributed by atoms with Crippen LogP contribution in [0.2, 0.25) is 0 Å². The van der Waals surface area contributed by atoms with Crippen LogP contribution in [0.5, 0.6) is 5.75 Å². The van der Waals surface area contributed by atoms with Crippen LogP contribution in [0, 0.1) is 13.8 Å². The number of pyridine rings is 1. The lowest BCUT2D eigenvalue weighted by molar-refractivity contribution is 0.360. The van der Waals surface area contributed by atoms with Gasteiger partial charge in [-0.15, -0.1) is 0 Å². The molecule has 0 unspecified atom stereocenters. The molecule has 0 aromatic carbocycles. The van der Waals surface area contributed by atoms with Gasteiger partial charge in [0.05, 0.1) is 17.9 Å². The van der Waals surface area contributed by atoms with Gasteiger partial charge < -0.3 is 10.4 Å². The van der Waals surface area contributed by atoms with Crippen molar-refractivity contribution in [1.29, 1.82) is 0 Å². The molecule has 5 heteroatoms. The number of aryl methyl sites for hydroxylation is 2. The minimum Gasteiger partial charge on any atom is -0.506 e. The van der Waals surface area contributed by atoms with Gasteiger partial charge in [0.25, 0.3) is 0 Å². The molecule has 2 aromatic heterocycles. The molecule has 2 heterocycles. The summed E-state index contributed by atoms with van der Waals surface area (Å²) in [6.45, 7) is 8.71. The Hall–Kier alpha value is -1.88. The fraction of sp³-hybridized carbons (Fsp3) is 0.467. The molecule has 20 heavy (non-hydrogen) atoms. The molecule has 2 N–H and O–H groups in total. The Morgan fingerprint density at radius 1 is 1.30 bits per heavy atom. The smallest absolute Gasteiger partial charge is 0.138 e. The Morgan fingerprint density at radius 2 is 2.05 bits per heavy atom. The number of aromatic nitrogens is 3. The van der Waals surface area contributed by atoms with E-state index in [1.807, 2.05) is 30.9 Å². The van der Waals surface area contributed by atoms with Gasteiger partial charge in [-0.25, -0.2) is 0 Å². The summed E-state index contributed by atoms with van der Waals surface area (Å²) in [7, 11) is 0. The number of nitrogens with one attached hydrogen (secondary N) is 1. The van der Waals surface area contributed by atoms with Crippen molar-refractivity contribution in [3.63, 3.8) is 0 Å². The number of aromatic hydroxyl groups is 1. The van der Waals surface area contributed by atoms with Crippen LogP contribution in [0.15, 0.2) is 24.5 Å². The second kappa shape index (κ2) is 6.05. The van der Waals surface area contributed by atoms with E-state index in [1.165, 1.54) is 0 Å². The van der Waals surface area contributed by atoms with Gasteiger partial charge in [0.2, 0.25) is 0 Å². The van der Waals surface area contributed by atoms with Gasteiger partial charge in [-0.05, 0) is 45.4 Å². The number of nitrogens with zero attached hydrogens (tertiary/aromatic N) is 3. The molecule has 2 aromatic rings. The Bertz CT molecular complexity index is 579. The number of hydrogen-bond acceptors (Lipinski definition) is 4. The molecule has 0 radical (unpaired) electrons. The highest BCUT2D eigenvalue weighted by Crippen LogP contribution is 2.16. The molecule has 0 aliphatic heterocycles. The quantitative estimate of drug-likeness (QED) is 0.878. The maximum atomic E-state index is 9.79. The molecule has 0 bridgehead atoms. The molecular formula is C15H22N4O. The van der Waals surface area contributed by atoms with Gasteiger partial charge in [0.1, 0.15) is 5.75 Å². The average molecular weight is 274 g/mol. The first-order valence-electron chi connectivity index (χ1n) is 6.87. The molecule has 2 rings (SSSR count). The topological polar surface area (TPSA) is 63.0 Å². The summed E-state index contributed by atoms with van der Waals surface area (Å²) < 4.78 is 1.95. The van der Waals surface area contributed by atoms with Crippen LogP contribution in [0.25, 0.3) is 0 Å². The lowest BCUT2D eigenvalue weighted by Crippen LogP contribution is -2.33. The third-order valence-electron chi connectivity index (χ3n) is 3.55. The van der Waals surface area contributed by atoms with Crippen LogP contribution in [-0.2, 0) is 6.54 Å². The van der Waals surface area contributed by atoms with Gasteiger partial charge in [0.15, 0.2) is 0 Å². The van der Waals surface area contributed by atoms with Gasteiger partial charge >= 0.3 is 0 Å². The summed E-state index contributed by atoms with van der Waals surface area (Å²) in [6, 6.07) is 3.94. The highest BCUT2D eigenvalue weighted by atomic mass is 16.3. The highest BCUT2D eigenvalue weighted by molar-refractivity contribution is 5.27. The molecule has 108 valence electrons. The molecule has 0 fully saturated rings. The zero-order chi connectivity index (χ0) is 14.7. The third kappa shape index (κ3) is 3.36. The lowest BCUT2D eigenvalue weighted by Gasteiger charge is -2.22. The van der Waals surface area contributed by atoms with Crippen LogP contribution >= 0.6 is 0 Å². The molecule has 2 atom stereocenters. The Balaban J connectivity index is 1.98. The summed E-state index contributed by atoms with van der Waals surface area (Å²) in [5, 5.41) is 17.5. The minimum atomic E-state index is 0.219. The largest absolute Gasteiger partial charge is 0.506 e. The zero-order valence-corrected chi connectivity index (χ0v) is 12.5. The van der Waals surface area contributed by atoms with Crippen molar-refractivity contribution in [2.45, 2.75) is 46.3 Å². The zero-order valence-electron chi connectivity index (χ0n) is 12.5. The first kappa shape index (κ1) is 14.5. The van der Waals surface area contributed by atoms with Crippen molar-refractivity contribution in [2.75, 3.05) is 0 Å². The van der Waals surface area contributed by atoms with Crippen molar-refractivity contribution in [3.8, 4) is 5.75 Å². The minimum absolute atomic E-state index is 0.219. The van der Waals surface area contributed by atoms with E-state index < -0.39 is 0 Å². The van der Waals surface area contributed by atoms with E-state index in [2.05, 4.69) is 29.2 Å². The van der Waals surface area contributed by atoms with Crippen molar-refractivity contribution < 1.29 is 5.11 Å². The average Bonchev–Trinajstić information content (AvgIpc) is 2.85. The van der Waals surface area contributed by atoms with Gasteiger partial charge in [0, 0.05) is 24.5 Å². The fourth-order valence-corrected chi connectivity index (χ4v) is 2.05. The van der Waals surface area contributed by atoms with Crippen LogP contribution < -0.4 is 5.32 Å². The predicted molar refractivity (Wildman–Crippen MR) is 78.6 cm³/mol. The van der Waals surface area contributed by atoms with E-state index in [4.69, 9.17) is 0 Å². The second-order valence-corrected chi connectivity index (χ2v) is 5.33. The maximum absolute atomic E-state index is 9.79. The van der Waals surface area contributed by atoms with E-state index in [0.717, 1.165) is 11.3 Å². The summed E-state index contributed by atoms with van der Waals surface area (Å²) in [5.41, 5.74) is 2.74. The van der Waals surface area contributed by atoms with Crippen molar-refractivity contribution in [3.05, 3.63) is 41.5 Å². The second-order valence-electron chi connectivity index (χ2n) is 5.33. The summed E-state index contributed by atoms with van der Waals surface area (Å²) in [6.07, 6.45) is 3.89. The Morgan fingerprint density at radius 3 is 2.70 bits per heavy atom. The van der Waals surface area contributed by atoms with E-state index in [1.54, 1.807) is 12.1 Å². The summed E-state index contributed by atoms with van der Waals surface area (Å²) in [4.78, 5) is 4.35. The standard InChI is InChI=1S/C15H22N4O/c1-10-7-17-19(9-10)13(4)12(3)16-8-14-15(20)6-5-11(2)18-14/h5-7,9,12-13,16,20H,8H2,1-4H3/t12-,13-/m1/s1. The first-order chi connectivity index (χ1) is 9.47. The number of rotatable bonds is 5. The Kier molecular flexibility index (Phi) is 4.39. The van der Waals surface area contributed by atoms with Crippen LogP contribution in [0.3, 0.4) is 0 Å². The van der Waals surface area contributed by atoms with Gasteiger partial charge in [-0.3, -0.25) is 9.67 Å². The molecule has 0 aliphatic carbocycles. The van der Waals surface area contributed by atoms with E-state index >= 15 is 0 Å². The summed E-state index contributed by atoms with van der Waals surface area (Å²) in [5.74, 6) is 0.234. The normalized spacial score (nSPS) is 14.2. The predicted octanol–water partition coefficient (Wildman–Crippen LogP) is 2.34. The fourth-order valence-electron chi connectivity index (χ4n) is 2.05. The van der Waals surface area contributed by atoms with Crippen LogP contribution in [-0.4, -0.2) is 25.9 Å². The van der Waals surface area contributed by atoms with Crippen molar-refractivity contribution in [1.82, 2.24) is 20.1 Å². The van der Waals surface area contributed by atoms with Gasteiger partial charge in [-0.2, -0.15) is 5.10 Å². The maximum Gasteiger partial charge on any atom is 0.138 e. The third-order valence-corrected chi connectivity index (χ3v) is 3.55. The Labute approximate surface area is 119 Å². The van der Waals surface area contributed by atoms with E-state index in [-0.39, 0.29) is 17.8 Å². The molecule has 0 amide bonds. The van der Waals surface area contributed by atoms with Crippen LogP contribution in [0.4, 0.5) is 0 Å². The van der Waals surface area contributed by atoms with Gasteiger partial charge in [-0.1, -0.05) is 0 Å². The molecule has 0 saturated carbocycles. The highest BCUT2D eigenvalue weighted by Gasteiger charge is 2.15. The lowest BCUT2D eigenvalue weighted by atomic mass is 10.1. The molecule has 0 aliphatic rings.